The molecule has 9 nitrogen and oxygen atoms in total. The van der Waals surface area contributed by atoms with Crippen molar-refractivity contribution in [2.75, 3.05) is 5.32 Å². The second-order valence-corrected chi connectivity index (χ2v) is 7.54. The van der Waals surface area contributed by atoms with E-state index in [1.165, 1.54) is 0 Å². The Morgan fingerprint density at radius 1 is 0.879 bits per heavy atom. The highest BCUT2D eigenvalue weighted by molar-refractivity contribution is 6.13. The van der Waals surface area contributed by atoms with Crippen LogP contribution in [0.5, 0.6) is 0 Å². The molecule has 1 aromatic heterocycles. The first kappa shape index (κ1) is 21.6. The molecule has 3 aromatic carbocycles. The van der Waals surface area contributed by atoms with Crippen LogP contribution in [0.3, 0.4) is 0 Å². The molecule has 0 aliphatic carbocycles. The number of pyridine rings is 1. The van der Waals surface area contributed by atoms with Crippen LogP contribution >= 0.6 is 0 Å². The summed E-state index contributed by atoms with van der Waals surface area (Å²) < 4.78 is 0. The number of para-hydroxylation sites is 1. The van der Waals surface area contributed by atoms with Crippen LogP contribution in [-0.2, 0) is 0 Å². The molecule has 9 heteroatoms. The Morgan fingerprint density at radius 2 is 1.64 bits per heavy atom. The molecule has 0 spiro atoms. The first-order valence-corrected chi connectivity index (χ1v) is 9.96. The molecule has 0 atom stereocenters. The van der Waals surface area contributed by atoms with E-state index in [0.717, 1.165) is 34.9 Å². The Kier molecular flexibility index (Phi) is 5.53. The van der Waals surface area contributed by atoms with Crippen LogP contribution in [0, 0.1) is 34.1 Å². The number of nitro benzene ring substituents is 2. The van der Waals surface area contributed by atoms with Crippen LogP contribution < -0.4 is 5.32 Å². The third kappa shape index (κ3) is 4.24. The number of anilines is 1. The van der Waals surface area contributed by atoms with Crippen molar-refractivity contribution in [3.63, 3.8) is 0 Å². The van der Waals surface area contributed by atoms with Crippen molar-refractivity contribution >= 4 is 33.9 Å². The highest BCUT2D eigenvalue weighted by atomic mass is 16.6. The summed E-state index contributed by atoms with van der Waals surface area (Å²) in [6.07, 6.45) is 0. The van der Waals surface area contributed by atoms with Gasteiger partial charge >= 0.3 is 0 Å². The zero-order valence-corrected chi connectivity index (χ0v) is 17.7. The number of nitrogens with one attached hydrogen (secondary N) is 1. The van der Waals surface area contributed by atoms with Crippen LogP contribution in [-0.4, -0.2) is 20.7 Å². The predicted molar refractivity (Wildman–Crippen MR) is 124 cm³/mol. The molecule has 4 aromatic rings. The maximum absolute atomic E-state index is 13.2. The third-order valence-electron chi connectivity index (χ3n) is 5.40. The number of hydrogen-bond acceptors (Lipinski definition) is 6. The lowest BCUT2D eigenvalue weighted by atomic mass is 10.0. The molecule has 0 unspecified atom stereocenters. The van der Waals surface area contributed by atoms with E-state index in [4.69, 9.17) is 0 Å². The molecule has 0 bridgehead atoms. The van der Waals surface area contributed by atoms with Gasteiger partial charge in [0.1, 0.15) is 5.69 Å². The molecule has 0 aliphatic heterocycles. The molecule has 0 saturated heterocycles. The highest BCUT2D eigenvalue weighted by Gasteiger charge is 2.22. The van der Waals surface area contributed by atoms with Crippen molar-refractivity contribution in [2.24, 2.45) is 0 Å². The smallest absolute Gasteiger partial charge is 0.299 e. The monoisotopic (exact) mass is 442 g/mol. The van der Waals surface area contributed by atoms with E-state index < -0.39 is 27.1 Å². The number of rotatable bonds is 5. The van der Waals surface area contributed by atoms with Gasteiger partial charge in [-0.25, -0.2) is 4.98 Å². The molecule has 0 fully saturated rings. The van der Waals surface area contributed by atoms with Gasteiger partial charge in [0.15, 0.2) is 0 Å². The normalized spacial score (nSPS) is 10.7. The molecule has 0 aliphatic rings. The Balaban J connectivity index is 1.81. The first-order valence-electron chi connectivity index (χ1n) is 9.96. The lowest BCUT2D eigenvalue weighted by Gasteiger charge is -2.12. The van der Waals surface area contributed by atoms with E-state index in [0.29, 0.717) is 16.6 Å². The van der Waals surface area contributed by atoms with Crippen molar-refractivity contribution in [3.8, 4) is 11.3 Å². The van der Waals surface area contributed by atoms with E-state index in [2.05, 4.69) is 10.3 Å². The van der Waals surface area contributed by atoms with Gasteiger partial charge in [-0.15, -0.1) is 0 Å². The average molecular weight is 442 g/mol. The van der Waals surface area contributed by atoms with Gasteiger partial charge in [-0.05, 0) is 49.2 Å². The van der Waals surface area contributed by atoms with Gasteiger partial charge in [0, 0.05) is 17.0 Å². The van der Waals surface area contributed by atoms with Crippen molar-refractivity contribution in [1.82, 2.24) is 4.98 Å². The zero-order chi connectivity index (χ0) is 23.7. The SMILES string of the molecule is Cc1ccc(-c2cc(C(=O)Nc3ccc([N+](=O)[O-])cc3[N+](=O)[O-])c3ccccc3n2)cc1C. The zero-order valence-electron chi connectivity index (χ0n) is 17.7. The molecule has 1 N–H and O–H groups in total. The van der Waals surface area contributed by atoms with Crippen molar-refractivity contribution < 1.29 is 14.6 Å². The van der Waals surface area contributed by atoms with E-state index in [1.54, 1.807) is 24.3 Å². The molecule has 0 saturated carbocycles. The number of nitro groups is 2. The number of non-ortho nitro benzene ring substituents is 1. The second-order valence-electron chi connectivity index (χ2n) is 7.54. The highest BCUT2D eigenvalue weighted by Crippen LogP contribution is 2.31. The number of hydrogen-bond donors (Lipinski definition) is 1. The van der Waals surface area contributed by atoms with Crippen LogP contribution in [0.1, 0.15) is 21.5 Å². The van der Waals surface area contributed by atoms with Crippen molar-refractivity contribution in [3.05, 3.63) is 104 Å². The standard InChI is InChI=1S/C24H18N4O5/c1-14-7-8-16(11-15(14)2)22-13-19(18-5-3-4-6-20(18)25-22)24(29)26-21-10-9-17(27(30)31)12-23(21)28(32)33/h3-13H,1-2H3,(H,26,29). The van der Waals surface area contributed by atoms with Gasteiger partial charge in [-0.1, -0.05) is 30.3 Å². The summed E-state index contributed by atoms with van der Waals surface area (Å²) in [4.78, 5) is 38.8. The Bertz CT molecular complexity index is 1450. The van der Waals surface area contributed by atoms with Crippen molar-refractivity contribution in [1.29, 1.82) is 0 Å². The topological polar surface area (TPSA) is 128 Å². The number of benzene rings is 3. The maximum Gasteiger partial charge on any atom is 0.299 e. The molecule has 33 heavy (non-hydrogen) atoms. The largest absolute Gasteiger partial charge is 0.316 e. The quantitative estimate of drug-likeness (QED) is 0.317. The van der Waals surface area contributed by atoms with Gasteiger partial charge in [-0.3, -0.25) is 25.0 Å². The minimum Gasteiger partial charge on any atom is -0.316 e. The van der Waals surface area contributed by atoms with Gasteiger partial charge in [0.2, 0.25) is 0 Å². The summed E-state index contributed by atoms with van der Waals surface area (Å²) in [6.45, 7) is 3.99. The number of fused-ring (bicyclic) bond motifs is 1. The van der Waals surface area contributed by atoms with Gasteiger partial charge in [0.25, 0.3) is 17.3 Å². The fourth-order valence-corrected chi connectivity index (χ4v) is 3.49. The number of amides is 1. The Labute approximate surface area is 188 Å². The second kappa shape index (κ2) is 8.46. The minimum absolute atomic E-state index is 0.135. The molecule has 1 heterocycles. The summed E-state index contributed by atoms with van der Waals surface area (Å²) >= 11 is 0. The summed E-state index contributed by atoms with van der Waals surface area (Å²) in [5.41, 5.74) is 3.36. The van der Waals surface area contributed by atoms with Crippen LogP contribution in [0.2, 0.25) is 0 Å². The summed E-state index contributed by atoms with van der Waals surface area (Å²) in [5.74, 6) is -0.587. The fourth-order valence-electron chi connectivity index (χ4n) is 3.49. The van der Waals surface area contributed by atoms with Crippen LogP contribution in [0.25, 0.3) is 22.2 Å². The number of carbonyl (C=O) groups excluding carboxylic acids is 1. The fraction of sp³-hybridized carbons (Fsp3) is 0.0833. The van der Waals surface area contributed by atoms with Gasteiger partial charge in [-0.2, -0.15) is 0 Å². The van der Waals surface area contributed by atoms with E-state index in [-0.39, 0.29) is 11.3 Å². The summed E-state index contributed by atoms with van der Waals surface area (Å²) in [7, 11) is 0. The number of carbonyl (C=O) groups is 1. The average Bonchev–Trinajstić information content (AvgIpc) is 2.80. The maximum atomic E-state index is 13.2. The van der Waals surface area contributed by atoms with Crippen LogP contribution in [0.4, 0.5) is 17.1 Å². The van der Waals surface area contributed by atoms with E-state index >= 15 is 0 Å². The number of nitrogens with zero attached hydrogens (tertiary/aromatic N) is 3. The predicted octanol–water partition coefficient (Wildman–Crippen LogP) is 5.59. The first-order chi connectivity index (χ1) is 15.7. The molecule has 0 radical (unpaired) electrons. The van der Waals surface area contributed by atoms with E-state index in [1.807, 2.05) is 38.1 Å². The number of aryl methyl sites for hydroxylation is 2. The van der Waals surface area contributed by atoms with Gasteiger partial charge in [0.05, 0.1) is 32.7 Å². The Morgan fingerprint density at radius 3 is 2.33 bits per heavy atom. The molecule has 1 amide bonds. The number of aromatic nitrogens is 1. The minimum atomic E-state index is -0.770. The summed E-state index contributed by atoms with van der Waals surface area (Å²) in [6, 6.07) is 17.7. The molecule has 4 rings (SSSR count). The molecular formula is C24H18N4O5. The lowest BCUT2D eigenvalue weighted by molar-refractivity contribution is -0.393. The van der Waals surface area contributed by atoms with Crippen molar-refractivity contribution in [2.45, 2.75) is 13.8 Å². The molecule has 164 valence electrons. The molecular weight excluding hydrogens is 424 g/mol. The van der Waals surface area contributed by atoms with Crippen LogP contribution in [0.15, 0.2) is 66.7 Å². The van der Waals surface area contributed by atoms with Gasteiger partial charge < -0.3 is 5.32 Å². The lowest BCUT2D eigenvalue weighted by Crippen LogP contribution is -2.14. The third-order valence-corrected chi connectivity index (χ3v) is 5.40. The van der Waals surface area contributed by atoms with E-state index in [9.17, 15) is 25.0 Å². The summed E-state index contributed by atoms with van der Waals surface area (Å²) in [5, 5.41) is 25.5. The Hall–Kier alpha value is -4.66.